The standard InChI is InChI=1S/C17H18ClN5O/c1-24-15-7-6-11(10-13(15)18)22-16-8-9-21-17(20,23-16)12-4-2-3-5-14(12)19/h2-10,21H,19-20H2,1H3,(H,22,23). The Morgan fingerprint density at radius 2 is 2.04 bits per heavy atom. The monoisotopic (exact) mass is 343 g/mol. The molecule has 124 valence electrons. The maximum absolute atomic E-state index is 6.38. The average molecular weight is 344 g/mol. The number of nitrogens with zero attached hydrogens (tertiary/aromatic N) is 1. The van der Waals surface area contributed by atoms with Crippen LogP contribution in [0.3, 0.4) is 0 Å². The maximum atomic E-state index is 6.38. The molecule has 1 aliphatic heterocycles. The van der Waals surface area contributed by atoms with Crippen LogP contribution in [0, 0.1) is 0 Å². The smallest absolute Gasteiger partial charge is 0.213 e. The zero-order chi connectivity index (χ0) is 17.2. The summed E-state index contributed by atoms with van der Waals surface area (Å²) in [6.07, 6.45) is 3.51. The summed E-state index contributed by atoms with van der Waals surface area (Å²) >= 11 is 6.14. The van der Waals surface area contributed by atoms with Gasteiger partial charge in [-0.3, -0.25) is 5.73 Å². The van der Waals surface area contributed by atoms with E-state index >= 15 is 0 Å². The number of methoxy groups -OCH3 is 1. The van der Waals surface area contributed by atoms with Crippen molar-refractivity contribution in [3.8, 4) is 5.75 Å². The number of hydrogen-bond acceptors (Lipinski definition) is 6. The SMILES string of the molecule is COc1ccc(NC2=NC(N)(c3ccccc3N)NC=C2)cc1Cl. The van der Waals surface area contributed by atoms with Gasteiger partial charge in [0.25, 0.3) is 0 Å². The van der Waals surface area contributed by atoms with E-state index in [4.69, 9.17) is 27.8 Å². The Bertz CT molecular complexity index is 820. The highest BCUT2D eigenvalue weighted by Gasteiger charge is 2.29. The second kappa shape index (κ2) is 6.43. The molecule has 0 bridgehead atoms. The number of benzene rings is 2. The molecule has 1 atom stereocenters. The van der Waals surface area contributed by atoms with Crippen LogP contribution in [-0.4, -0.2) is 12.9 Å². The van der Waals surface area contributed by atoms with E-state index in [1.54, 1.807) is 37.6 Å². The van der Waals surface area contributed by atoms with Gasteiger partial charge < -0.3 is 21.1 Å². The minimum absolute atomic E-state index is 0.507. The Morgan fingerprint density at radius 1 is 1.25 bits per heavy atom. The summed E-state index contributed by atoms with van der Waals surface area (Å²) in [5.74, 6) is 0.0505. The topological polar surface area (TPSA) is 97.7 Å². The molecule has 1 heterocycles. The van der Waals surface area contributed by atoms with Crippen LogP contribution < -0.4 is 26.8 Å². The van der Waals surface area contributed by atoms with Gasteiger partial charge in [0.15, 0.2) is 0 Å². The third kappa shape index (κ3) is 3.15. The van der Waals surface area contributed by atoms with E-state index < -0.39 is 5.79 Å². The van der Waals surface area contributed by atoms with Crippen molar-refractivity contribution < 1.29 is 4.74 Å². The van der Waals surface area contributed by atoms with E-state index in [2.05, 4.69) is 15.6 Å². The summed E-state index contributed by atoms with van der Waals surface area (Å²) in [4.78, 5) is 4.54. The van der Waals surface area contributed by atoms with Crippen LogP contribution in [-0.2, 0) is 5.79 Å². The predicted molar refractivity (Wildman–Crippen MR) is 98.1 cm³/mol. The van der Waals surface area contributed by atoms with Crippen molar-refractivity contribution in [2.45, 2.75) is 5.79 Å². The van der Waals surface area contributed by atoms with Crippen molar-refractivity contribution in [1.82, 2.24) is 5.32 Å². The molecule has 2 aromatic carbocycles. The van der Waals surface area contributed by atoms with Gasteiger partial charge in [-0.1, -0.05) is 29.8 Å². The first-order valence-corrected chi connectivity index (χ1v) is 7.68. The quantitative estimate of drug-likeness (QED) is 0.642. The Morgan fingerprint density at radius 3 is 2.75 bits per heavy atom. The normalized spacial score (nSPS) is 19.4. The van der Waals surface area contributed by atoms with Crippen LogP contribution in [0.15, 0.2) is 59.7 Å². The van der Waals surface area contributed by atoms with Gasteiger partial charge in [0.2, 0.25) is 5.79 Å². The molecule has 0 radical (unpaired) electrons. The summed E-state index contributed by atoms with van der Waals surface area (Å²) in [6.45, 7) is 0. The molecule has 7 heteroatoms. The Hall–Kier alpha value is -2.70. The first kappa shape index (κ1) is 16.2. The van der Waals surface area contributed by atoms with E-state index in [1.165, 1.54) is 0 Å². The zero-order valence-corrected chi connectivity index (χ0v) is 13.8. The molecule has 0 spiro atoms. The lowest BCUT2D eigenvalue weighted by Gasteiger charge is -2.30. The molecular formula is C17H18ClN5O. The highest BCUT2D eigenvalue weighted by molar-refractivity contribution is 6.32. The lowest BCUT2D eigenvalue weighted by Crippen LogP contribution is -2.49. The van der Waals surface area contributed by atoms with Gasteiger partial charge in [0, 0.05) is 23.1 Å². The minimum Gasteiger partial charge on any atom is -0.495 e. The summed E-state index contributed by atoms with van der Waals surface area (Å²) in [6, 6.07) is 12.7. The second-order valence-corrected chi connectivity index (χ2v) is 5.71. The van der Waals surface area contributed by atoms with Crippen LogP contribution in [0.4, 0.5) is 11.4 Å². The number of halogens is 1. The fourth-order valence-corrected chi connectivity index (χ4v) is 2.71. The Labute approximate surface area is 145 Å². The van der Waals surface area contributed by atoms with Crippen molar-refractivity contribution in [1.29, 1.82) is 0 Å². The average Bonchev–Trinajstić information content (AvgIpc) is 2.55. The largest absolute Gasteiger partial charge is 0.495 e. The lowest BCUT2D eigenvalue weighted by molar-refractivity contribution is 0.412. The van der Waals surface area contributed by atoms with Crippen molar-refractivity contribution in [3.63, 3.8) is 0 Å². The van der Waals surface area contributed by atoms with Crippen LogP contribution in [0.1, 0.15) is 5.56 Å². The number of aliphatic imine (C=N–C) groups is 1. The van der Waals surface area contributed by atoms with Crippen LogP contribution in [0.5, 0.6) is 5.75 Å². The van der Waals surface area contributed by atoms with Gasteiger partial charge in [-0.25, -0.2) is 4.99 Å². The lowest BCUT2D eigenvalue weighted by atomic mass is 10.1. The minimum atomic E-state index is -1.14. The Balaban J connectivity index is 1.88. The van der Waals surface area contributed by atoms with Gasteiger partial charge >= 0.3 is 0 Å². The number of nitrogens with one attached hydrogen (secondary N) is 2. The third-order valence-corrected chi connectivity index (χ3v) is 3.93. The molecule has 3 rings (SSSR count). The molecule has 24 heavy (non-hydrogen) atoms. The summed E-state index contributed by atoms with van der Waals surface area (Å²) in [7, 11) is 1.57. The molecule has 0 saturated carbocycles. The molecular weight excluding hydrogens is 326 g/mol. The number of ether oxygens (including phenoxy) is 1. The van der Waals surface area contributed by atoms with E-state index in [0.717, 1.165) is 5.69 Å². The summed E-state index contributed by atoms with van der Waals surface area (Å²) < 4.78 is 5.15. The fourth-order valence-electron chi connectivity index (χ4n) is 2.45. The number of amidine groups is 1. The highest BCUT2D eigenvalue weighted by Crippen LogP contribution is 2.28. The molecule has 0 aromatic heterocycles. The van der Waals surface area contributed by atoms with Crippen molar-refractivity contribution in [2.24, 2.45) is 10.7 Å². The maximum Gasteiger partial charge on any atom is 0.213 e. The number of hydrogen-bond donors (Lipinski definition) is 4. The summed E-state index contributed by atoms with van der Waals surface area (Å²) in [5, 5.41) is 6.73. The summed E-state index contributed by atoms with van der Waals surface area (Å²) in [5.41, 5.74) is 14.4. The first-order chi connectivity index (χ1) is 11.5. The number of rotatable bonds is 3. The van der Waals surface area contributed by atoms with Crippen molar-refractivity contribution >= 4 is 28.8 Å². The molecule has 0 fully saturated rings. The first-order valence-electron chi connectivity index (χ1n) is 7.30. The number of nitrogens with two attached hydrogens (primary N) is 2. The predicted octanol–water partition coefficient (Wildman–Crippen LogP) is 2.63. The molecule has 6 N–H and O–H groups in total. The molecule has 1 unspecified atom stereocenters. The molecule has 0 saturated heterocycles. The number of anilines is 2. The molecule has 0 amide bonds. The van der Waals surface area contributed by atoms with Crippen molar-refractivity contribution in [2.75, 3.05) is 18.2 Å². The molecule has 0 aliphatic carbocycles. The van der Waals surface area contributed by atoms with Crippen LogP contribution in [0.2, 0.25) is 5.02 Å². The number of para-hydroxylation sites is 1. The molecule has 6 nitrogen and oxygen atoms in total. The fraction of sp³-hybridized carbons (Fsp3) is 0.118. The third-order valence-electron chi connectivity index (χ3n) is 3.64. The zero-order valence-electron chi connectivity index (χ0n) is 13.1. The van der Waals surface area contributed by atoms with Crippen LogP contribution in [0.25, 0.3) is 0 Å². The van der Waals surface area contributed by atoms with E-state index in [0.29, 0.717) is 27.9 Å². The van der Waals surface area contributed by atoms with Crippen LogP contribution >= 0.6 is 11.6 Å². The van der Waals surface area contributed by atoms with E-state index in [-0.39, 0.29) is 0 Å². The second-order valence-electron chi connectivity index (χ2n) is 5.30. The van der Waals surface area contributed by atoms with Gasteiger partial charge in [0.05, 0.1) is 12.1 Å². The number of nitrogen functional groups attached to an aromatic ring is 1. The van der Waals surface area contributed by atoms with E-state index in [1.807, 2.05) is 24.3 Å². The molecule has 1 aliphatic rings. The Kier molecular flexibility index (Phi) is 4.33. The van der Waals surface area contributed by atoms with Gasteiger partial charge in [0.1, 0.15) is 11.6 Å². The highest BCUT2D eigenvalue weighted by atomic mass is 35.5. The van der Waals surface area contributed by atoms with Gasteiger partial charge in [-0.05, 0) is 30.3 Å². The van der Waals surface area contributed by atoms with Crippen molar-refractivity contribution in [3.05, 3.63) is 65.3 Å². The van der Waals surface area contributed by atoms with Gasteiger partial charge in [-0.2, -0.15) is 0 Å². The van der Waals surface area contributed by atoms with E-state index in [9.17, 15) is 0 Å². The molecule has 2 aromatic rings. The van der Waals surface area contributed by atoms with Gasteiger partial charge in [-0.15, -0.1) is 0 Å².